The second kappa shape index (κ2) is 6.59. The summed E-state index contributed by atoms with van der Waals surface area (Å²) in [5.74, 6) is 0.706. The van der Waals surface area contributed by atoms with Crippen molar-refractivity contribution >= 4 is 23.2 Å². The second-order valence-corrected chi connectivity index (χ2v) is 6.78. The molecular formula is C18H19Cl2NO. The van der Waals surface area contributed by atoms with Gasteiger partial charge >= 0.3 is 0 Å². The normalized spacial score (nSPS) is 17.2. The van der Waals surface area contributed by atoms with Crippen LogP contribution in [0.3, 0.4) is 0 Å². The lowest BCUT2D eigenvalue weighted by Crippen LogP contribution is -2.47. The van der Waals surface area contributed by atoms with Gasteiger partial charge in [-0.15, -0.1) is 0 Å². The van der Waals surface area contributed by atoms with Crippen molar-refractivity contribution in [1.29, 1.82) is 0 Å². The summed E-state index contributed by atoms with van der Waals surface area (Å²) in [6.07, 6.45) is 2.51. The molecule has 4 heteroatoms. The van der Waals surface area contributed by atoms with E-state index < -0.39 is 5.54 Å². The Hall–Kier alpha value is -1.06. The highest BCUT2D eigenvalue weighted by Crippen LogP contribution is 2.34. The van der Waals surface area contributed by atoms with Crippen LogP contribution in [0.25, 0.3) is 0 Å². The van der Waals surface area contributed by atoms with Gasteiger partial charge in [-0.3, -0.25) is 0 Å². The smallest absolute Gasteiger partial charge is 0.0925 e. The van der Waals surface area contributed by atoms with Crippen molar-refractivity contribution in [1.82, 2.24) is 5.32 Å². The molecule has 2 nitrogen and oxygen atoms in total. The summed E-state index contributed by atoms with van der Waals surface area (Å²) in [7, 11) is 0. The highest BCUT2D eigenvalue weighted by molar-refractivity contribution is 6.30. The lowest BCUT2D eigenvalue weighted by Gasteiger charge is -2.35. The molecule has 2 aromatic carbocycles. The van der Waals surface area contributed by atoms with Crippen LogP contribution in [-0.2, 0) is 5.54 Å². The third kappa shape index (κ3) is 3.31. The number of halogens is 2. The lowest BCUT2D eigenvalue weighted by molar-refractivity contribution is 0.189. The first-order valence-electron chi connectivity index (χ1n) is 7.52. The van der Waals surface area contributed by atoms with E-state index >= 15 is 0 Å². The first-order valence-corrected chi connectivity index (χ1v) is 8.27. The zero-order chi connectivity index (χ0) is 15.6. The molecule has 1 unspecified atom stereocenters. The topological polar surface area (TPSA) is 32.3 Å². The van der Waals surface area contributed by atoms with Crippen LogP contribution in [0.5, 0.6) is 0 Å². The Bertz CT molecular complexity index is 640. The van der Waals surface area contributed by atoms with Gasteiger partial charge in [0.15, 0.2) is 0 Å². The molecule has 0 amide bonds. The Balaban J connectivity index is 2.03. The molecule has 0 radical (unpaired) electrons. The van der Waals surface area contributed by atoms with Gasteiger partial charge in [0.2, 0.25) is 0 Å². The third-order valence-corrected chi connectivity index (χ3v) is 4.77. The number of benzene rings is 2. The van der Waals surface area contributed by atoms with Crippen molar-refractivity contribution in [3.05, 3.63) is 69.7 Å². The Morgan fingerprint density at radius 2 is 1.73 bits per heavy atom. The molecule has 0 saturated heterocycles. The molecule has 1 saturated carbocycles. The number of nitrogens with one attached hydrogen (secondary N) is 1. The molecule has 22 heavy (non-hydrogen) atoms. The first-order chi connectivity index (χ1) is 10.6. The van der Waals surface area contributed by atoms with E-state index in [0.717, 1.165) is 17.7 Å². The van der Waals surface area contributed by atoms with Gasteiger partial charge in [0, 0.05) is 10.0 Å². The molecule has 1 atom stereocenters. The van der Waals surface area contributed by atoms with E-state index in [1.54, 1.807) is 0 Å². The highest BCUT2D eigenvalue weighted by atomic mass is 35.5. The third-order valence-electron chi connectivity index (χ3n) is 4.28. The number of aliphatic hydroxyl groups excluding tert-OH is 1. The van der Waals surface area contributed by atoms with Gasteiger partial charge in [-0.2, -0.15) is 0 Å². The molecule has 0 heterocycles. The molecule has 116 valence electrons. The molecule has 2 aromatic rings. The van der Waals surface area contributed by atoms with Crippen molar-refractivity contribution < 1.29 is 5.11 Å². The van der Waals surface area contributed by atoms with Crippen molar-refractivity contribution in [2.45, 2.75) is 18.4 Å². The Morgan fingerprint density at radius 1 is 1.00 bits per heavy atom. The minimum absolute atomic E-state index is 0.0400. The maximum absolute atomic E-state index is 10.2. The summed E-state index contributed by atoms with van der Waals surface area (Å²) in [5, 5.41) is 15.2. The van der Waals surface area contributed by atoms with E-state index in [1.807, 2.05) is 48.5 Å². The maximum atomic E-state index is 10.2. The van der Waals surface area contributed by atoms with Gasteiger partial charge in [0.25, 0.3) is 0 Å². The van der Waals surface area contributed by atoms with Crippen molar-refractivity contribution in [3.63, 3.8) is 0 Å². The Morgan fingerprint density at radius 3 is 2.32 bits per heavy atom. The van der Waals surface area contributed by atoms with Crippen LogP contribution in [0.4, 0.5) is 0 Å². The molecule has 0 spiro atoms. The number of aliphatic hydroxyl groups is 1. The van der Waals surface area contributed by atoms with Crippen LogP contribution < -0.4 is 5.32 Å². The fourth-order valence-corrected chi connectivity index (χ4v) is 3.05. The minimum Gasteiger partial charge on any atom is -0.394 e. The zero-order valence-electron chi connectivity index (χ0n) is 12.2. The SMILES string of the molecule is OCC(NCC1CC1)(c1ccc(Cl)cc1)c1cccc(Cl)c1. The molecule has 2 N–H and O–H groups in total. The van der Waals surface area contributed by atoms with Crippen LogP contribution in [0.2, 0.25) is 10.0 Å². The van der Waals surface area contributed by atoms with E-state index in [-0.39, 0.29) is 6.61 Å². The molecule has 1 aliphatic rings. The predicted octanol–water partition coefficient (Wildman–Crippen LogP) is 4.23. The Labute approximate surface area is 141 Å². The Kier molecular flexibility index (Phi) is 4.74. The van der Waals surface area contributed by atoms with Gasteiger partial charge in [0.1, 0.15) is 0 Å². The van der Waals surface area contributed by atoms with E-state index in [1.165, 1.54) is 12.8 Å². The number of hydrogen-bond acceptors (Lipinski definition) is 2. The maximum Gasteiger partial charge on any atom is 0.0925 e. The molecule has 3 rings (SSSR count). The summed E-state index contributed by atoms with van der Waals surface area (Å²) in [5.41, 5.74) is 1.30. The van der Waals surface area contributed by atoms with Gasteiger partial charge in [-0.1, -0.05) is 47.5 Å². The summed E-state index contributed by atoms with van der Waals surface area (Å²) in [6, 6.07) is 15.3. The quantitative estimate of drug-likeness (QED) is 0.827. The molecule has 1 fully saturated rings. The average molecular weight is 336 g/mol. The van der Waals surface area contributed by atoms with Gasteiger partial charge in [-0.25, -0.2) is 0 Å². The van der Waals surface area contributed by atoms with Crippen molar-refractivity contribution in [2.75, 3.05) is 13.2 Å². The summed E-state index contributed by atoms with van der Waals surface area (Å²) in [4.78, 5) is 0. The average Bonchev–Trinajstić information content (AvgIpc) is 3.34. The highest BCUT2D eigenvalue weighted by Gasteiger charge is 2.35. The van der Waals surface area contributed by atoms with E-state index in [2.05, 4.69) is 5.32 Å². The van der Waals surface area contributed by atoms with E-state index in [4.69, 9.17) is 23.2 Å². The first kappa shape index (κ1) is 15.8. The summed E-state index contributed by atoms with van der Waals surface area (Å²) in [6.45, 7) is 0.845. The van der Waals surface area contributed by atoms with Crippen LogP contribution in [0, 0.1) is 5.92 Å². The molecule has 0 bridgehead atoms. The molecule has 1 aliphatic carbocycles. The van der Waals surface area contributed by atoms with Crippen LogP contribution in [0.1, 0.15) is 24.0 Å². The van der Waals surface area contributed by atoms with Crippen molar-refractivity contribution in [2.24, 2.45) is 5.92 Å². The number of rotatable bonds is 6. The fourth-order valence-electron chi connectivity index (χ4n) is 2.74. The van der Waals surface area contributed by atoms with Crippen molar-refractivity contribution in [3.8, 4) is 0 Å². The summed E-state index contributed by atoms with van der Waals surface area (Å²) < 4.78 is 0. The molecular weight excluding hydrogens is 317 g/mol. The minimum atomic E-state index is -0.655. The van der Waals surface area contributed by atoms with Gasteiger partial charge < -0.3 is 10.4 Å². The fraction of sp³-hybridized carbons (Fsp3) is 0.333. The summed E-state index contributed by atoms with van der Waals surface area (Å²) >= 11 is 12.2. The predicted molar refractivity (Wildman–Crippen MR) is 91.5 cm³/mol. The van der Waals surface area contributed by atoms with E-state index in [0.29, 0.717) is 16.0 Å². The molecule has 0 aromatic heterocycles. The second-order valence-electron chi connectivity index (χ2n) is 5.90. The monoisotopic (exact) mass is 335 g/mol. The standard InChI is InChI=1S/C18H19Cl2NO/c19-16-8-6-14(7-9-16)18(12-22,21-11-13-4-5-13)15-2-1-3-17(20)10-15/h1-3,6-10,13,21-22H,4-5,11-12H2. The zero-order valence-corrected chi connectivity index (χ0v) is 13.7. The van der Waals surface area contributed by atoms with Crippen LogP contribution in [-0.4, -0.2) is 18.3 Å². The van der Waals surface area contributed by atoms with Gasteiger partial charge in [-0.05, 0) is 60.7 Å². The van der Waals surface area contributed by atoms with Gasteiger partial charge in [0.05, 0.1) is 12.1 Å². The lowest BCUT2D eigenvalue weighted by atomic mass is 9.83. The van der Waals surface area contributed by atoms with Crippen LogP contribution >= 0.6 is 23.2 Å². The molecule has 0 aliphatic heterocycles. The number of hydrogen-bond donors (Lipinski definition) is 2. The van der Waals surface area contributed by atoms with Crippen LogP contribution in [0.15, 0.2) is 48.5 Å². The largest absolute Gasteiger partial charge is 0.394 e. The van der Waals surface area contributed by atoms with E-state index in [9.17, 15) is 5.11 Å².